The van der Waals surface area contributed by atoms with Gasteiger partial charge in [0.05, 0.1) is 18.8 Å². The van der Waals surface area contributed by atoms with Crippen LogP contribution in [0.25, 0.3) is 0 Å². The minimum absolute atomic E-state index is 0.107. The number of carbonyl (C=O) groups excluding carboxylic acids is 2. The van der Waals surface area contributed by atoms with E-state index < -0.39 is 0 Å². The van der Waals surface area contributed by atoms with Crippen molar-refractivity contribution in [3.63, 3.8) is 0 Å². The molecule has 3 fully saturated rings. The summed E-state index contributed by atoms with van der Waals surface area (Å²) in [6.07, 6.45) is 4.58. The third-order valence-electron chi connectivity index (χ3n) is 5.67. The van der Waals surface area contributed by atoms with E-state index in [4.69, 9.17) is 4.74 Å². The Balaban J connectivity index is 1.61. The number of morpholine rings is 1. The minimum Gasteiger partial charge on any atom is -0.372 e. The number of hydrogen-bond acceptors (Lipinski definition) is 4. The predicted molar refractivity (Wildman–Crippen MR) is 91.6 cm³/mol. The number of carbonyl (C=O) groups is 2. The SMILES string of the molecule is CC(=O)N1CCC[C@@H]1[C@H]1CCCN1CC(=O)N1C[C@@H](C)O[C@@H](C)C1. The lowest BCUT2D eigenvalue weighted by Gasteiger charge is -2.38. The van der Waals surface area contributed by atoms with Crippen molar-refractivity contribution in [3.8, 4) is 0 Å². The Labute approximate surface area is 145 Å². The third kappa shape index (κ3) is 3.75. The summed E-state index contributed by atoms with van der Waals surface area (Å²) >= 11 is 0. The first-order valence-electron chi connectivity index (χ1n) is 9.40. The van der Waals surface area contributed by atoms with E-state index in [1.165, 1.54) is 0 Å². The highest BCUT2D eigenvalue weighted by atomic mass is 16.5. The van der Waals surface area contributed by atoms with Crippen molar-refractivity contribution in [3.05, 3.63) is 0 Å². The molecule has 0 unspecified atom stereocenters. The average molecular weight is 337 g/mol. The molecule has 3 rings (SSSR count). The zero-order valence-electron chi connectivity index (χ0n) is 15.2. The van der Waals surface area contributed by atoms with E-state index in [2.05, 4.69) is 4.90 Å². The van der Waals surface area contributed by atoms with Gasteiger partial charge in [-0.15, -0.1) is 0 Å². The fraction of sp³-hybridized carbons (Fsp3) is 0.889. The lowest BCUT2D eigenvalue weighted by Crippen LogP contribution is -2.53. The van der Waals surface area contributed by atoms with Gasteiger partial charge in [-0.05, 0) is 46.1 Å². The highest BCUT2D eigenvalue weighted by Gasteiger charge is 2.40. The average Bonchev–Trinajstić information content (AvgIpc) is 3.14. The zero-order chi connectivity index (χ0) is 17.3. The van der Waals surface area contributed by atoms with Gasteiger partial charge in [0.2, 0.25) is 11.8 Å². The van der Waals surface area contributed by atoms with E-state index in [1.807, 2.05) is 23.6 Å². The van der Waals surface area contributed by atoms with Crippen LogP contribution in [0.2, 0.25) is 0 Å². The summed E-state index contributed by atoms with van der Waals surface area (Å²) in [5, 5.41) is 0. The smallest absolute Gasteiger partial charge is 0.236 e. The number of amides is 2. The molecule has 3 aliphatic heterocycles. The van der Waals surface area contributed by atoms with Crippen LogP contribution < -0.4 is 0 Å². The lowest BCUT2D eigenvalue weighted by atomic mass is 10.0. The highest BCUT2D eigenvalue weighted by molar-refractivity contribution is 5.78. The van der Waals surface area contributed by atoms with Crippen LogP contribution in [-0.2, 0) is 14.3 Å². The van der Waals surface area contributed by atoms with Gasteiger partial charge in [-0.2, -0.15) is 0 Å². The summed E-state index contributed by atoms with van der Waals surface area (Å²) in [6.45, 7) is 9.40. The molecule has 0 saturated carbocycles. The Hall–Kier alpha value is -1.14. The van der Waals surface area contributed by atoms with E-state index in [0.717, 1.165) is 38.8 Å². The van der Waals surface area contributed by atoms with Crippen molar-refractivity contribution in [1.82, 2.24) is 14.7 Å². The van der Waals surface area contributed by atoms with Gasteiger partial charge < -0.3 is 14.5 Å². The quantitative estimate of drug-likeness (QED) is 0.774. The Morgan fingerprint density at radius 1 is 1.00 bits per heavy atom. The van der Waals surface area contributed by atoms with Gasteiger partial charge in [-0.25, -0.2) is 0 Å². The number of likely N-dealkylation sites (tertiary alicyclic amines) is 2. The van der Waals surface area contributed by atoms with Gasteiger partial charge in [0.15, 0.2) is 0 Å². The molecule has 136 valence electrons. The maximum Gasteiger partial charge on any atom is 0.236 e. The van der Waals surface area contributed by atoms with Gasteiger partial charge in [-0.3, -0.25) is 14.5 Å². The molecular formula is C18H31N3O3. The summed E-state index contributed by atoms with van der Waals surface area (Å²) in [5.74, 6) is 0.378. The van der Waals surface area contributed by atoms with Crippen LogP contribution in [0, 0.1) is 0 Å². The molecule has 4 atom stereocenters. The molecule has 0 N–H and O–H groups in total. The lowest BCUT2D eigenvalue weighted by molar-refractivity contribution is -0.144. The van der Waals surface area contributed by atoms with Crippen LogP contribution in [0.5, 0.6) is 0 Å². The van der Waals surface area contributed by atoms with Crippen LogP contribution in [0.4, 0.5) is 0 Å². The third-order valence-corrected chi connectivity index (χ3v) is 5.67. The summed E-state index contributed by atoms with van der Waals surface area (Å²) < 4.78 is 5.73. The van der Waals surface area contributed by atoms with Crippen molar-refractivity contribution < 1.29 is 14.3 Å². The van der Waals surface area contributed by atoms with Gasteiger partial charge in [-0.1, -0.05) is 0 Å². The summed E-state index contributed by atoms with van der Waals surface area (Å²) in [4.78, 5) is 30.9. The topological polar surface area (TPSA) is 53.1 Å². The Kier molecular flexibility index (Phi) is 5.45. The van der Waals surface area contributed by atoms with E-state index in [9.17, 15) is 9.59 Å². The zero-order valence-corrected chi connectivity index (χ0v) is 15.2. The molecule has 0 aromatic heterocycles. The predicted octanol–water partition coefficient (Wildman–Crippen LogP) is 1.10. The Morgan fingerprint density at radius 3 is 2.29 bits per heavy atom. The largest absolute Gasteiger partial charge is 0.372 e. The monoisotopic (exact) mass is 337 g/mol. The van der Waals surface area contributed by atoms with Crippen molar-refractivity contribution in [2.75, 3.05) is 32.7 Å². The van der Waals surface area contributed by atoms with E-state index >= 15 is 0 Å². The van der Waals surface area contributed by atoms with Crippen molar-refractivity contribution in [2.45, 2.75) is 70.7 Å². The maximum atomic E-state index is 12.8. The van der Waals surface area contributed by atoms with E-state index in [-0.39, 0.29) is 24.0 Å². The molecule has 3 saturated heterocycles. The Bertz CT molecular complexity index is 474. The number of ether oxygens (including phenoxy) is 1. The van der Waals surface area contributed by atoms with Gasteiger partial charge in [0, 0.05) is 38.6 Å². The highest BCUT2D eigenvalue weighted by Crippen LogP contribution is 2.30. The second kappa shape index (κ2) is 7.40. The molecule has 0 bridgehead atoms. The van der Waals surface area contributed by atoms with E-state index in [0.29, 0.717) is 31.7 Å². The van der Waals surface area contributed by atoms with Gasteiger partial charge >= 0.3 is 0 Å². The molecule has 0 aliphatic carbocycles. The van der Waals surface area contributed by atoms with Crippen LogP contribution in [0.15, 0.2) is 0 Å². The van der Waals surface area contributed by atoms with Crippen LogP contribution in [0.1, 0.15) is 46.5 Å². The summed E-state index contributed by atoms with van der Waals surface area (Å²) in [6, 6.07) is 0.636. The molecule has 0 radical (unpaired) electrons. The summed E-state index contributed by atoms with van der Waals surface area (Å²) in [7, 11) is 0. The molecule has 2 amide bonds. The summed E-state index contributed by atoms with van der Waals surface area (Å²) in [5.41, 5.74) is 0. The van der Waals surface area contributed by atoms with Crippen LogP contribution >= 0.6 is 0 Å². The molecule has 3 aliphatic rings. The molecule has 0 aromatic rings. The number of nitrogens with zero attached hydrogens (tertiary/aromatic N) is 3. The first kappa shape index (κ1) is 17.7. The van der Waals surface area contributed by atoms with Gasteiger partial charge in [0.1, 0.15) is 0 Å². The molecule has 6 nitrogen and oxygen atoms in total. The first-order valence-corrected chi connectivity index (χ1v) is 9.40. The first-order chi connectivity index (χ1) is 11.5. The van der Waals surface area contributed by atoms with Crippen LogP contribution in [-0.4, -0.2) is 83.5 Å². The van der Waals surface area contributed by atoms with Crippen molar-refractivity contribution >= 4 is 11.8 Å². The molecule has 6 heteroatoms. The molecule has 3 heterocycles. The minimum atomic E-state index is 0.107. The number of rotatable bonds is 3. The standard InChI is InChI=1S/C18H31N3O3/c1-13-10-20(11-14(2)24-13)18(23)12-19-8-4-6-16(19)17-7-5-9-21(17)15(3)22/h13-14,16-17H,4-12H2,1-3H3/t13-,14+,16-,17-/m1/s1. The van der Waals surface area contributed by atoms with Gasteiger partial charge in [0.25, 0.3) is 0 Å². The molecule has 0 spiro atoms. The van der Waals surface area contributed by atoms with Crippen LogP contribution in [0.3, 0.4) is 0 Å². The second-order valence-electron chi connectivity index (χ2n) is 7.66. The molecule has 0 aromatic carbocycles. The second-order valence-corrected chi connectivity index (χ2v) is 7.66. The van der Waals surface area contributed by atoms with Crippen molar-refractivity contribution in [1.29, 1.82) is 0 Å². The molecule has 24 heavy (non-hydrogen) atoms. The van der Waals surface area contributed by atoms with E-state index in [1.54, 1.807) is 6.92 Å². The van der Waals surface area contributed by atoms with Crippen molar-refractivity contribution in [2.24, 2.45) is 0 Å². The fourth-order valence-corrected chi connectivity index (χ4v) is 4.72. The normalized spacial score (nSPS) is 34.8. The fourth-order valence-electron chi connectivity index (χ4n) is 4.72. The Morgan fingerprint density at radius 2 is 1.62 bits per heavy atom. The maximum absolute atomic E-state index is 12.8. The molecular weight excluding hydrogens is 306 g/mol. The number of hydrogen-bond donors (Lipinski definition) is 0.